The van der Waals surface area contributed by atoms with Gasteiger partial charge >= 0.3 is 0 Å². The van der Waals surface area contributed by atoms with Crippen LogP contribution >= 0.6 is 15.9 Å². The van der Waals surface area contributed by atoms with Gasteiger partial charge in [-0.1, -0.05) is 118 Å². The Bertz CT molecular complexity index is 400. The third kappa shape index (κ3) is 9.84. The zero-order valence-electron chi connectivity index (χ0n) is 14.8. The molecular weight excluding hydrogens is 348 g/mol. The fourth-order valence-corrected chi connectivity index (χ4v) is 5.00. The average molecular weight is 381 g/mol. The van der Waals surface area contributed by atoms with Gasteiger partial charge < -0.3 is 0 Å². The molecule has 0 aliphatic carbocycles. The van der Waals surface area contributed by atoms with E-state index >= 15 is 0 Å². The lowest BCUT2D eigenvalue weighted by molar-refractivity contribution is 0.517. The molecule has 0 nitrogen and oxygen atoms in total. The summed E-state index contributed by atoms with van der Waals surface area (Å²) in [6.45, 7) is 7.14. The van der Waals surface area contributed by atoms with E-state index in [9.17, 15) is 0 Å². The number of unbranched alkanes of at least 4 members (excludes halogenated alkanes) is 8. The molecule has 0 bridgehead atoms. The van der Waals surface area contributed by atoms with Gasteiger partial charge in [-0.25, -0.2) is 0 Å². The molecule has 0 saturated carbocycles. The highest BCUT2D eigenvalue weighted by Gasteiger charge is 2.19. The van der Waals surface area contributed by atoms with Crippen LogP contribution in [0.4, 0.5) is 0 Å². The molecule has 22 heavy (non-hydrogen) atoms. The van der Waals surface area contributed by atoms with E-state index < -0.39 is 0 Å². The molecule has 0 saturated heterocycles. The minimum Gasteiger partial charge on any atom is -0.0654 e. The van der Waals surface area contributed by atoms with Crippen LogP contribution in [0.2, 0.25) is 5.04 Å². The quantitative estimate of drug-likeness (QED) is 0.273. The van der Waals surface area contributed by atoms with E-state index in [0.717, 1.165) is 9.52 Å². The van der Waals surface area contributed by atoms with E-state index in [1.807, 2.05) is 0 Å². The van der Waals surface area contributed by atoms with E-state index in [0.29, 0.717) is 5.04 Å². The molecular formula is C20H33BrSi. The second kappa shape index (κ2) is 11.5. The van der Waals surface area contributed by atoms with Crippen molar-refractivity contribution in [1.29, 1.82) is 0 Å². The van der Waals surface area contributed by atoms with Crippen molar-refractivity contribution in [2.24, 2.45) is 0 Å². The number of rotatable bonds is 12. The molecule has 0 amide bonds. The summed E-state index contributed by atoms with van der Waals surface area (Å²) < 4.78 is 1.20. The van der Waals surface area contributed by atoms with Crippen LogP contribution in [0.5, 0.6) is 0 Å². The van der Waals surface area contributed by atoms with Gasteiger partial charge in [-0.3, -0.25) is 0 Å². The van der Waals surface area contributed by atoms with Gasteiger partial charge in [-0.2, -0.15) is 0 Å². The van der Waals surface area contributed by atoms with E-state index in [1.165, 1.54) is 73.9 Å². The summed E-state index contributed by atoms with van der Waals surface area (Å²) in [5.74, 6) is 0. The molecule has 0 aliphatic heterocycles. The van der Waals surface area contributed by atoms with Crippen molar-refractivity contribution < 1.29 is 0 Å². The summed E-state index contributed by atoms with van der Waals surface area (Å²) in [4.78, 5) is 0. The summed E-state index contributed by atoms with van der Waals surface area (Å²) in [5, 5.41) is 1.93. The number of halogens is 1. The Kier molecular flexibility index (Phi) is 10.4. The third-order valence-electron chi connectivity index (χ3n) is 4.21. The summed E-state index contributed by atoms with van der Waals surface area (Å²) >= 11 is 3.58. The molecule has 1 aromatic carbocycles. The van der Waals surface area contributed by atoms with Crippen LogP contribution in [0.1, 0.15) is 85.0 Å². The molecule has 2 radical (unpaired) electrons. The molecule has 0 aromatic heterocycles. The Balaban J connectivity index is 2.10. The van der Waals surface area contributed by atoms with Gasteiger partial charge in [0.2, 0.25) is 0 Å². The summed E-state index contributed by atoms with van der Waals surface area (Å²) in [6.07, 6.45) is 14.2. The van der Waals surface area contributed by atoms with Gasteiger partial charge in [-0.05, 0) is 17.2 Å². The lowest BCUT2D eigenvalue weighted by Crippen LogP contribution is -2.25. The van der Waals surface area contributed by atoms with Gasteiger partial charge in [0.1, 0.15) is 0 Å². The molecule has 0 unspecified atom stereocenters. The van der Waals surface area contributed by atoms with Gasteiger partial charge in [0.05, 0.1) is 9.52 Å². The van der Waals surface area contributed by atoms with Crippen molar-refractivity contribution in [3.63, 3.8) is 0 Å². The Morgan fingerprint density at radius 1 is 0.909 bits per heavy atom. The highest BCUT2D eigenvalue weighted by atomic mass is 79.9. The molecule has 0 aliphatic rings. The van der Waals surface area contributed by atoms with Crippen molar-refractivity contribution in [3.05, 3.63) is 28.7 Å². The van der Waals surface area contributed by atoms with Crippen LogP contribution in [-0.2, 0) is 0 Å². The van der Waals surface area contributed by atoms with Crippen molar-refractivity contribution in [2.45, 2.75) is 90.0 Å². The molecule has 1 rings (SSSR count). The Morgan fingerprint density at radius 2 is 1.50 bits per heavy atom. The topological polar surface area (TPSA) is 0 Å². The Morgan fingerprint density at radius 3 is 2.09 bits per heavy atom. The molecule has 0 N–H and O–H groups in total. The Labute approximate surface area is 149 Å². The SMILES string of the molecule is CCCCCCCCCCCC(C)(C)[Si]c1cccc(Br)c1. The van der Waals surface area contributed by atoms with E-state index in [2.05, 4.69) is 61.0 Å². The van der Waals surface area contributed by atoms with Crippen LogP contribution in [0.15, 0.2) is 28.7 Å². The highest BCUT2D eigenvalue weighted by molar-refractivity contribution is 9.10. The second-order valence-electron chi connectivity index (χ2n) is 7.10. The first-order valence-corrected chi connectivity index (χ1v) is 10.9. The van der Waals surface area contributed by atoms with Crippen molar-refractivity contribution >= 4 is 30.6 Å². The zero-order valence-corrected chi connectivity index (χ0v) is 17.3. The zero-order chi connectivity index (χ0) is 16.3. The largest absolute Gasteiger partial charge is 0.0872 e. The monoisotopic (exact) mass is 380 g/mol. The summed E-state index contributed by atoms with van der Waals surface area (Å²) in [6, 6.07) is 8.81. The van der Waals surface area contributed by atoms with Gasteiger partial charge in [0.25, 0.3) is 0 Å². The lowest BCUT2D eigenvalue weighted by Gasteiger charge is -2.23. The maximum Gasteiger partial charge on any atom is 0.0872 e. The molecule has 124 valence electrons. The first-order chi connectivity index (χ1) is 10.5. The fourth-order valence-electron chi connectivity index (χ4n) is 2.90. The van der Waals surface area contributed by atoms with E-state index in [4.69, 9.17) is 0 Å². The number of hydrogen-bond acceptors (Lipinski definition) is 0. The van der Waals surface area contributed by atoms with Gasteiger partial charge in [0.15, 0.2) is 0 Å². The van der Waals surface area contributed by atoms with Crippen molar-refractivity contribution in [3.8, 4) is 0 Å². The first kappa shape index (κ1) is 20.0. The first-order valence-electron chi connectivity index (χ1n) is 9.07. The van der Waals surface area contributed by atoms with Crippen molar-refractivity contribution in [1.82, 2.24) is 0 Å². The maximum absolute atomic E-state index is 3.58. The van der Waals surface area contributed by atoms with Gasteiger partial charge in [-0.15, -0.1) is 0 Å². The number of benzene rings is 1. The normalized spacial score (nSPS) is 11.8. The predicted molar refractivity (Wildman–Crippen MR) is 105 cm³/mol. The van der Waals surface area contributed by atoms with Crippen LogP contribution in [-0.4, -0.2) is 9.52 Å². The van der Waals surface area contributed by atoms with Crippen LogP contribution in [0.3, 0.4) is 0 Å². The van der Waals surface area contributed by atoms with Crippen LogP contribution in [0.25, 0.3) is 0 Å². The maximum atomic E-state index is 3.58. The molecule has 0 heterocycles. The summed E-state index contributed by atoms with van der Waals surface area (Å²) in [5.41, 5.74) is 0. The van der Waals surface area contributed by atoms with Gasteiger partial charge in [0, 0.05) is 4.47 Å². The standard InChI is InChI=1S/C20H33BrSi/c1-4-5-6-7-8-9-10-11-12-16-20(2,3)22-19-15-13-14-18(21)17-19/h13-15,17H,4-12,16H2,1-3H3. The molecule has 0 spiro atoms. The number of hydrogen-bond donors (Lipinski definition) is 0. The smallest absolute Gasteiger partial charge is 0.0654 e. The predicted octanol–water partition coefficient (Wildman–Crippen LogP) is 6.90. The fraction of sp³-hybridized carbons (Fsp3) is 0.700. The molecule has 1 aromatic rings. The molecule has 2 heteroatoms. The third-order valence-corrected chi connectivity index (χ3v) is 6.23. The van der Waals surface area contributed by atoms with E-state index in [-0.39, 0.29) is 0 Å². The average Bonchev–Trinajstić information content (AvgIpc) is 2.45. The second-order valence-corrected chi connectivity index (χ2v) is 10.2. The summed E-state index contributed by atoms with van der Waals surface area (Å²) in [7, 11) is 0.910. The van der Waals surface area contributed by atoms with Crippen LogP contribution < -0.4 is 5.19 Å². The van der Waals surface area contributed by atoms with E-state index in [1.54, 1.807) is 0 Å². The minimum atomic E-state index is 0.446. The Hall–Kier alpha value is -0.0831. The highest BCUT2D eigenvalue weighted by Crippen LogP contribution is 2.30. The lowest BCUT2D eigenvalue weighted by atomic mass is 10.0. The molecule has 0 atom stereocenters. The minimum absolute atomic E-state index is 0.446. The van der Waals surface area contributed by atoms with Crippen molar-refractivity contribution in [2.75, 3.05) is 0 Å². The molecule has 0 fully saturated rings. The van der Waals surface area contributed by atoms with Crippen LogP contribution in [0, 0.1) is 0 Å².